The number of carboxylic acids is 1. The molecule has 0 saturated carbocycles. The topological polar surface area (TPSA) is 37.3 Å². The van der Waals surface area contributed by atoms with Gasteiger partial charge in [-0.05, 0) is 47.9 Å². The Morgan fingerprint density at radius 1 is 1.05 bits per heavy atom. The Morgan fingerprint density at radius 3 is 2.19 bits per heavy atom. The van der Waals surface area contributed by atoms with Crippen LogP contribution in [0.15, 0.2) is 36.4 Å². The average Bonchev–Trinajstić information content (AvgIpc) is 2.38. The van der Waals surface area contributed by atoms with Crippen molar-refractivity contribution in [3.05, 3.63) is 58.9 Å². The Hall–Kier alpha value is -2.37. The van der Waals surface area contributed by atoms with Crippen molar-refractivity contribution in [2.75, 3.05) is 0 Å². The number of carboxylic acid groups (broad SMARTS) is 1. The van der Waals surface area contributed by atoms with Crippen LogP contribution in [0.5, 0.6) is 0 Å². The van der Waals surface area contributed by atoms with E-state index in [2.05, 4.69) is 0 Å². The molecule has 0 aliphatic carbocycles. The lowest BCUT2D eigenvalue weighted by atomic mass is 9.94. The molecule has 0 unspecified atom stereocenters. The van der Waals surface area contributed by atoms with E-state index in [1.54, 1.807) is 0 Å². The van der Waals surface area contributed by atoms with Crippen molar-refractivity contribution in [2.45, 2.75) is 13.1 Å². The molecule has 0 aromatic heterocycles. The molecule has 2 aromatic carbocycles. The van der Waals surface area contributed by atoms with Gasteiger partial charge in [0.25, 0.3) is 0 Å². The molecule has 1 N–H and O–H groups in total. The highest BCUT2D eigenvalue weighted by Gasteiger charge is 2.30. The molecule has 2 rings (SSSR count). The van der Waals surface area contributed by atoms with Gasteiger partial charge in [-0.1, -0.05) is 12.1 Å². The standard InChI is InChI=1S/C15H10F4O2/c1-8-6-9(15(17,18)19)2-4-11(8)12-5-3-10(16)7-13(12)14(20)21/h2-7H,1H3,(H,20,21). The Kier molecular flexibility index (Phi) is 3.72. The van der Waals surface area contributed by atoms with Crippen LogP contribution in [0.3, 0.4) is 0 Å². The molecule has 0 heterocycles. The van der Waals surface area contributed by atoms with E-state index in [-0.39, 0.29) is 16.7 Å². The highest BCUT2D eigenvalue weighted by atomic mass is 19.4. The smallest absolute Gasteiger partial charge is 0.416 e. The molecule has 6 heteroatoms. The normalized spacial score (nSPS) is 11.5. The van der Waals surface area contributed by atoms with Gasteiger partial charge in [0.1, 0.15) is 5.82 Å². The third-order valence-corrected chi connectivity index (χ3v) is 3.06. The summed E-state index contributed by atoms with van der Waals surface area (Å²) in [6.07, 6.45) is -4.47. The summed E-state index contributed by atoms with van der Waals surface area (Å²) in [6.45, 7) is 1.44. The van der Waals surface area contributed by atoms with Gasteiger partial charge in [0.15, 0.2) is 0 Å². The lowest BCUT2D eigenvalue weighted by Gasteiger charge is -2.13. The van der Waals surface area contributed by atoms with Gasteiger partial charge < -0.3 is 5.11 Å². The first-order chi connectivity index (χ1) is 9.70. The minimum Gasteiger partial charge on any atom is -0.478 e. The van der Waals surface area contributed by atoms with Crippen molar-refractivity contribution in [1.29, 1.82) is 0 Å². The first kappa shape index (κ1) is 15.0. The molecule has 0 aliphatic rings. The Morgan fingerprint density at radius 2 is 1.67 bits per heavy atom. The summed E-state index contributed by atoms with van der Waals surface area (Å²) in [6, 6.07) is 6.15. The lowest BCUT2D eigenvalue weighted by Crippen LogP contribution is -2.06. The molecular weight excluding hydrogens is 288 g/mol. The summed E-state index contributed by atoms with van der Waals surface area (Å²) in [7, 11) is 0. The fourth-order valence-corrected chi connectivity index (χ4v) is 2.07. The van der Waals surface area contributed by atoms with Crippen LogP contribution in [0.25, 0.3) is 11.1 Å². The van der Waals surface area contributed by atoms with Crippen LogP contribution >= 0.6 is 0 Å². The highest BCUT2D eigenvalue weighted by Crippen LogP contribution is 2.34. The molecule has 2 aromatic rings. The number of carbonyl (C=O) groups is 1. The number of aromatic carboxylic acids is 1. The van der Waals surface area contributed by atoms with Gasteiger partial charge in [-0.2, -0.15) is 13.2 Å². The van der Waals surface area contributed by atoms with Gasteiger partial charge in [-0.15, -0.1) is 0 Å². The van der Waals surface area contributed by atoms with Gasteiger partial charge in [-0.25, -0.2) is 9.18 Å². The molecule has 0 atom stereocenters. The summed E-state index contributed by atoms with van der Waals surface area (Å²) in [5.41, 5.74) is -0.352. The number of hydrogen-bond donors (Lipinski definition) is 1. The largest absolute Gasteiger partial charge is 0.478 e. The maximum atomic E-state index is 13.1. The van der Waals surface area contributed by atoms with Crippen molar-refractivity contribution < 1.29 is 27.5 Å². The minimum atomic E-state index is -4.47. The highest BCUT2D eigenvalue weighted by molar-refractivity contribution is 5.96. The molecule has 2 nitrogen and oxygen atoms in total. The number of alkyl halides is 3. The molecule has 110 valence electrons. The molecule has 0 fully saturated rings. The van der Waals surface area contributed by atoms with E-state index in [9.17, 15) is 22.4 Å². The van der Waals surface area contributed by atoms with E-state index < -0.39 is 23.5 Å². The summed E-state index contributed by atoms with van der Waals surface area (Å²) in [5, 5.41) is 9.08. The zero-order valence-corrected chi connectivity index (χ0v) is 10.8. The Bertz CT molecular complexity index is 705. The molecule has 0 saturated heterocycles. The summed E-state index contributed by atoms with van der Waals surface area (Å²) < 4.78 is 51.0. The van der Waals surface area contributed by atoms with Crippen LogP contribution < -0.4 is 0 Å². The van der Waals surface area contributed by atoms with Gasteiger partial charge >= 0.3 is 12.1 Å². The fourth-order valence-electron chi connectivity index (χ4n) is 2.07. The second-order valence-electron chi connectivity index (χ2n) is 4.52. The van der Waals surface area contributed by atoms with Gasteiger partial charge in [-0.3, -0.25) is 0 Å². The second kappa shape index (κ2) is 5.20. The summed E-state index contributed by atoms with van der Waals surface area (Å²) in [4.78, 5) is 11.1. The monoisotopic (exact) mass is 298 g/mol. The van der Waals surface area contributed by atoms with Gasteiger partial charge in [0, 0.05) is 0 Å². The van der Waals surface area contributed by atoms with Gasteiger partial charge in [0.05, 0.1) is 11.1 Å². The second-order valence-corrected chi connectivity index (χ2v) is 4.52. The molecule has 0 amide bonds. The van der Waals surface area contributed by atoms with Crippen molar-refractivity contribution >= 4 is 5.97 Å². The molecular formula is C15H10F4O2. The van der Waals surface area contributed by atoms with Crippen molar-refractivity contribution in [3.63, 3.8) is 0 Å². The van der Waals surface area contributed by atoms with Gasteiger partial charge in [0.2, 0.25) is 0 Å². The van der Waals surface area contributed by atoms with Crippen molar-refractivity contribution in [1.82, 2.24) is 0 Å². The number of benzene rings is 2. The maximum absolute atomic E-state index is 13.1. The van der Waals surface area contributed by atoms with Crippen molar-refractivity contribution in [3.8, 4) is 11.1 Å². The molecule has 0 radical (unpaired) electrons. The van der Waals surface area contributed by atoms with Crippen molar-refractivity contribution in [2.24, 2.45) is 0 Å². The van der Waals surface area contributed by atoms with Crippen LogP contribution in [0.1, 0.15) is 21.5 Å². The van der Waals surface area contributed by atoms with E-state index >= 15 is 0 Å². The third-order valence-electron chi connectivity index (χ3n) is 3.06. The number of hydrogen-bond acceptors (Lipinski definition) is 1. The molecule has 0 spiro atoms. The van der Waals surface area contributed by atoms with Crippen LogP contribution in [0, 0.1) is 12.7 Å². The molecule has 21 heavy (non-hydrogen) atoms. The number of halogens is 4. The maximum Gasteiger partial charge on any atom is 0.416 e. The van der Waals surface area contributed by atoms with E-state index in [4.69, 9.17) is 5.11 Å². The summed E-state index contributed by atoms with van der Waals surface area (Å²) in [5.74, 6) is -2.07. The van der Waals surface area contributed by atoms with Crippen LogP contribution in [0.2, 0.25) is 0 Å². The zero-order valence-electron chi connectivity index (χ0n) is 10.8. The van der Waals surface area contributed by atoms with Crippen LogP contribution in [-0.4, -0.2) is 11.1 Å². The first-order valence-corrected chi connectivity index (χ1v) is 5.91. The van der Waals surface area contributed by atoms with E-state index in [0.29, 0.717) is 5.56 Å². The van der Waals surface area contributed by atoms with Crippen LogP contribution in [0.4, 0.5) is 17.6 Å². The number of aryl methyl sites for hydroxylation is 1. The Balaban J connectivity index is 2.61. The van der Waals surface area contributed by atoms with E-state index in [0.717, 1.165) is 24.3 Å². The van der Waals surface area contributed by atoms with Crippen LogP contribution in [-0.2, 0) is 6.18 Å². The minimum absolute atomic E-state index is 0.176. The zero-order chi connectivity index (χ0) is 15.8. The SMILES string of the molecule is Cc1cc(C(F)(F)F)ccc1-c1ccc(F)cc1C(=O)O. The molecule has 0 bridgehead atoms. The fraction of sp³-hybridized carbons (Fsp3) is 0.133. The summed E-state index contributed by atoms with van der Waals surface area (Å²) >= 11 is 0. The average molecular weight is 298 g/mol. The van der Waals surface area contributed by atoms with E-state index in [1.807, 2.05) is 0 Å². The lowest BCUT2D eigenvalue weighted by molar-refractivity contribution is -0.137. The first-order valence-electron chi connectivity index (χ1n) is 5.91. The Labute approximate surface area is 117 Å². The van der Waals surface area contributed by atoms with E-state index in [1.165, 1.54) is 19.1 Å². The quantitative estimate of drug-likeness (QED) is 0.828. The predicted molar refractivity (Wildman–Crippen MR) is 68.5 cm³/mol. The third kappa shape index (κ3) is 3.04. The number of rotatable bonds is 2. The molecule has 0 aliphatic heterocycles. The predicted octanol–water partition coefficient (Wildman–Crippen LogP) is 4.52.